The minimum atomic E-state index is 0. The fourth-order valence-electron chi connectivity index (χ4n) is 6.79. The predicted octanol–water partition coefficient (Wildman–Crippen LogP) is 6.72. The van der Waals surface area contributed by atoms with E-state index in [-0.39, 0.29) is 12.4 Å². The lowest BCUT2D eigenvalue weighted by Gasteiger charge is -2.42. The van der Waals surface area contributed by atoms with Gasteiger partial charge in [0.2, 0.25) is 0 Å². The number of ether oxygens (including phenoxy) is 1. The Balaban J connectivity index is 0.00000289. The van der Waals surface area contributed by atoms with E-state index in [0.29, 0.717) is 11.5 Å². The Morgan fingerprint density at radius 3 is 2.14 bits per heavy atom. The fourth-order valence-corrected chi connectivity index (χ4v) is 6.79. The van der Waals surface area contributed by atoms with Crippen LogP contribution in [0.3, 0.4) is 0 Å². The van der Waals surface area contributed by atoms with Crippen LogP contribution in [-0.4, -0.2) is 63.4 Å². The van der Waals surface area contributed by atoms with Crippen molar-refractivity contribution in [2.45, 2.75) is 90.6 Å². The summed E-state index contributed by atoms with van der Waals surface area (Å²) in [5.41, 5.74) is 5.15. The molecule has 1 aromatic rings. The molecule has 0 amide bonds. The summed E-state index contributed by atoms with van der Waals surface area (Å²) in [7, 11) is 0. The van der Waals surface area contributed by atoms with E-state index in [0.717, 1.165) is 44.4 Å². The maximum absolute atomic E-state index is 5.91. The molecule has 2 aliphatic carbocycles. The molecule has 0 spiro atoms. The van der Waals surface area contributed by atoms with E-state index in [1.54, 1.807) is 11.3 Å². The molecule has 2 heterocycles. The number of anilines is 2. The van der Waals surface area contributed by atoms with Crippen molar-refractivity contribution >= 4 is 23.8 Å². The number of nitrogens with zero attached hydrogens (tertiary/aromatic N) is 3. The van der Waals surface area contributed by atoms with Gasteiger partial charge in [0.1, 0.15) is 0 Å². The van der Waals surface area contributed by atoms with Crippen molar-refractivity contribution in [3.8, 4) is 0 Å². The highest BCUT2D eigenvalue weighted by atomic mass is 35.5. The SMILES string of the molecule is CCOC1CCN(c2ccc(N3CCN(CC4CCC4)CC3)c(C3CCC(C)(C)CC3)c2)CC1.Cl. The molecule has 35 heavy (non-hydrogen) atoms. The maximum Gasteiger partial charge on any atom is 0.0608 e. The molecule has 4 nitrogen and oxygen atoms in total. The van der Waals surface area contributed by atoms with Crippen molar-refractivity contribution in [2.24, 2.45) is 11.3 Å². The molecule has 0 unspecified atom stereocenters. The Hall–Kier alpha value is -0.970. The van der Waals surface area contributed by atoms with Crippen LogP contribution in [0.1, 0.15) is 90.0 Å². The molecule has 2 aliphatic heterocycles. The normalized spacial score (nSPS) is 24.8. The second-order valence-corrected chi connectivity index (χ2v) is 12.4. The molecule has 198 valence electrons. The van der Waals surface area contributed by atoms with Crippen molar-refractivity contribution in [2.75, 3.05) is 62.2 Å². The van der Waals surface area contributed by atoms with Gasteiger partial charge >= 0.3 is 0 Å². The van der Waals surface area contributed by atoms with Crippen molar-refractivity contribution < 1.29 is 4.74 Å². The highest BCUT2D eigenvalue weighted by Crippen LogP contribution is 2.46. The van der Waals surface area contributed by atoms with Gasteiger partial charge in [-0.05, 0) is 99.3 Å². The first-order valence-corrected chi connectivity index (χ1v) is 14.5. The zero-order valence-electron chi connectivity index (χ0n) is 22.6. The van der Waals surface area contributed by atoms with Crippen LogP contribution in [0, 0.1) is 11.3 Å². The summed E-state index contributed by atoms with van der Waals surface area (Å²) in [6.45, 7) is 16.3. The summed E-state index contributed by atoms with van der Waals surface area (Å²) in [6, 6.07) is 7.51. The summed E-state index contributed by atoms with van der Waals surface area (Å²) in [4.78, 5) is 8.07. The van der Waals surface area contributed by atoms with E-state index in [4.69, 9.17) is 4.74 Å². The number of piperazine rings is 1. The summed E-state index contributed by atoms with van der Waals surface area (Å²) in [6.07, 6.45) is 12.6. The van der Waals surface area contributed by atoms with Crippen LogP contribution in [0.25, 0.3) is 0 Å². The number of piperidine rings is 1. The third kappa shape index (κ3) is 6.67. The highest BCUT2D eigenvalue weighted by molar-refractivity contribution is 5.85. The Morgan fingerprint density at radius 2 is 1.54 bits per heavy atom. The molecule has 4 aliphatic rings. The summed E-state index contributed by atoms with van der Waals surface area (Å²) in [5.74, 6) is 1.70. The van der Waals surface area contributed by atoms with Crippen LogP contribution in [0.5, 0.6) is 0 Å². The molecule has 0 aromatic heterocycles. The first-order valence-electron chi connectivity index (χ1n) is 14.5. The fraction of sp³-hybridized carbons (Fsp3) is 0.800. The summed E-state index contributed by atoms with van der Waals surface area (Å²) < 4.78 is 5.91. The molecule has 4 fully saturated rings. The Bertz CT molecular complexity index is 785. The lowest BCUT2D eigenvalue weighted by atomic mass is 9.71. The third-order valence-corrected chi connectivity index (χ3v) is 9.45. The van der Waals surface area contributed by atoms with Gasteiger partial charge in [-0.2, -0.15) is 0 Å². The zero-order chi connectivity index (χ0) is 23.5. The van der Waals surface area contributed by atoms with E-state index in [1.807, 2.05) is 0 Å². The predicted molar refractivity (Wildman–Crippen MR) is 152 cm³/mol. The van der Waals surface area contributed by atoms with Gasteiger partial charge in [0.05, 0.1) is 6.10 Å². The number of hydrogen-bond acceptors (Lipinski definition) is 4. The molecule has 2 saturated carbocycles. The molecular weight excluding hydrogens is 454 g/mol. The third-order valence-electron chi connectivity index (χ3n) is 9.45. The van der Waals surface area contributed by atoms with Gasteiger partial charge in [-0.15, -0.1) is 12.4 Å². The Labute approximate surface area is 221 Å². The largest absolute Gasteiger partial charge is 0.378 e. The monoisotopic (exact) mass is 503 g/mol. The molecule has 5 rings (SSSR count). The highest BCUT2D eigenvalue weighted by Gasteiger charge is 2.31. The molecule has 0 N–H and O–H groups in total. The molecule has 5 heteroatoms. The maximum atomic E-state index is 5.91. The summed E-state index contributed by atoms with van der Waals surface area (Å²) in [5, 5.41) is 0. The van der Waals surface area contributed by atoms with E-state index < -0.39 is 0 Å². The number of rotatable bonds is 7. The number of hydrogen-bond donors (Lipinski definition) is 0. The first-order chi connectivity index (χ1) is 16.5. The molecule has 0 bridgehead atoms. The van der Waals surface area contributed by atoms with Crippen LogP contribution in [0.2, 0.25) is 0 Å². The number of halogens is 1. The smallest absolute Gasteiger partial charge is 0.0608 e. The molecule has 1 aromatic carbocycles. The van der Waals surface area contributed by atoms with Crippen molar-refractivity contribution in [3.63, 3.8) is 0 Å². The van der Waals surface area contributed by atoms with Crippen LogP contribution in [0.15, 0.2) is 18.2 Å². The van der Waals surface area contributed by atoms with Gasteiger partial charge in [0.15, 0.2) is 0 Å². The van der Waals surface area contributed by atoms with Gasteiger partial charge < -0.3 is 14.5 Å². The quantitative estimate of drug-likeness (QED) is 0.411. The van der Waals surface area contributed by atoms with E-state index in [2.05, 4.69) is 53.7 Å². The van der Waals surface area contributed by atoms with Crippen LogP contribution in [-0.2, 0) is 4.74 Å². The lowest BCUT2D eigenvalue weighted by molar-refractivity contribution is 0.0459. The summed E-state index contributed by atoms with van der Waals surface area (Å²) >= 11 is 0. The average molecular weight is 504 g/mol. The first kappa shape index (κ1) is 27.1. The molecular formula is C30H50ClN3O. The molecule has 0 radical (unpaired) electrons. The molecule has 2 saturated heterocycles. The van der Waals surface area contributed by atoms with Crippen molar-refractivity contribution in [3.05, 3.63) is 23.8 Å². The van der Waals surface area contributed by atoms with Gasteiger partial charge in [0.25, 0.3) is 0 Å². The lowest BCUT2D eigenvalue weighted by Crippen LogP contribution is -2.48. The minimum absolute atomic E-state index is 0. The average Bonchev–Trinajstić information content (AvgIpc) is 2.82. The van der Waals surface area contributed by atoms with Gasteiger partial charge in [0, 0.05) is 63.8 Å². The van der Waals surface area contributed by atoms with Crippen molar-refractivity contribution in [1.82, 2.24) is 4.90 Å². The van der Waals surface area contributed by atoms with E-state index in [1.165, 1.54) is 83.4 Å². The van der Waals surface area contributed by atoms with Crippen LogP contribution >= 0.6 is 12.4 Å². The van der Waals surface area contributed by atoms with Gasteiger partial charge in [-0.25, -0.2) is 0 Å². The minimum Gasteiger partial charge on any atom is -0.378 e. The second-order valence-electron chi connectivity index (χ2n) is 12.4. The topological polar surface area (TPSA) is 19.0 Å². The number of benzene rings is 1. The van der Waals surface area contributed by atoms with E-state index >= 15 is 0 Å². The Morgan fingerprint density at radius 1 is 0.857 bits per heavy atom. The zero-order valence-corrected chi connectivity index (χ0v) is 23.5. The van der Waals surface area contributed by atoms with Crippen molar-refractivity contribution in [1.29, 1.82) is 0 Å². The Kier molecular flexibility index (Phi) is 9.32. The van der Waals surface area contributed by atoms with Gasteiger partial charge in [-0.3, -0.25) is 4.90 Å². The standard InChI is InChI=1S/C30H49N3O.ClH/c1-4-34-27-12-16-32(17-13-27)26-8-9-29(28(22-26)25-10-14-30(2,3)15-11-25)33-20-18-31(19-21-33)23-24-6-5-7-24;/h8-9,22,24-25,27H,4-7,10-21,23H2,1-3H3;1H. The molecule has 0 atom stereocenters. The van der Waals surface area contributed by atoms with Gasteiger partial charge in [-0.1, -0.05) is 20.3 Å². The second kappa shape index (κ2) is 12.0. The van der Waals surface area contributed by atoms with Crippen LogP contribution in [0.4, 0.5) is 11.4 Å². The van der Waals surface area contributed by atoms with Crippen LogP contribution < -0.4 is 9.80 Å². The van der Waals surface area contributed by atoms with E-state index in [9.17, 15) is 0 Å².